The first kappa shape index (κ1) is 18.0. The molecule has 0 bridgehead atoms. The van der Waals surface area contributed by atoms with E-state index in [2.05, 4.69) is 9.97 Å². The maximum atomic E-state index is 12.7. The summed E-state index contributed by atoms with van der Waals surface area (Å²) in [5.74, 6) is -0.690. The molecule has 0 saturated carbocycles. The second-order valence-corrected chi connectivity index (χ2v) is 5.60. The van der Waals surface area contributed by atoms with Crippen molar-refractivity contribution in [3.63, 3.8) is 0 Å². The third kappa shape index (κ3) is 3.42. The van der Waals surface area contributed by atoms with Crippen LogP contribution in [0, 0.1) is 0 Å². The fraction of sp³-hybridized carbons (Fsp3) is 0.625. The third-order valence-electron chi connectivity index (χ3n) is 3.80. The molecular weight excluding hydrogens is 312 g/mol. The highest BCUT2D eigenvalue weighted by Crippen LogP contribution is 2.08. The molecule has 24 heavy (non-hydrogen) atoms. The number of fused-ring (bicyclic) bond motifs is 1. The van der Waals surface area contributed by atoms with E-state index in [-0.39, 0.29) is 29.3 Å². The van der Waals surface area contributed by atoms with Crippen LogP contribution in [0.5, 0.6) is 0 Å². The lowest BCUT2D eigenvalue weighted by atomic mass is 10.3. The molecule has 0 radical (unpaired) electrons. The molecule has 0 amide bonds. The molecule has 2 heterocycles. The maximum absolute atomic E-state index is 12.7. The molecule has 0 saturated heterocycles. The lowest BCUT2D eigenvalue weighted by Crippen LogP contribution is -2.40. The summed E-state index contributed by atoms with van der Waals surface area (Å²) in [6.07, 6.45) is 3.28. The van der Waals surface area contributed by atoms with Crippen molar-refractivity contribution in [1.29, 1.82) is 0 Å². The number of hydrogen-bond acceptors (Lipinski definition) is 5. The van der Waals surface area contributed by atoms with Crippen LogP contribution in [0.4, 0.5) is 0 Å². The SMILES string of the molecule is CCCCn1c(=O)c2[nH]c(C(=O)OCC)nc2n(CCCC)c1=O. The van der Waals surface area contributed by atoms with Crippen molar-refractivity contribution in [1.82, 2.24) is 19.1 Å². The van der Waals surface area contributed by atoms with Crippen molar-refractivity contribution in [2.75, 3.05) is 6.61 Å². The van der Waals surface area contributed by atoms with Crippen molar-refractivity contribution in [3.05, 3.63) is 26.7 Å². The molecule has 8 heteroatoms. The molecule has 0 spiro atoms. The molecule has 0 aliphatic rings. The highest BCUT2D eigenvalue weighted by molar-refractivity contribution is 5.89. The van der Waals surface area contributed by atoms with E-state index in [0.717, 1.165) is 25.7 Å². The van der Waals surface area contributed by atoms with Gasteiger partial charge in [-0.3, -0.25) is 13.9 Å². The highest BCUT2D eigenvalue weighted by Gasteiger charge is 2.20. The number of carbonyl (C=O) groups excluding carboxylic acids is 1. The van der Waals surface area contributed by atoms with E-state index in [4.69, 9.17) is 4.74 Å². The van der Waals surface area contributed by atoms with Crippen LogP contribution in [-0.4, -0.2) is 31.7 Å². The first-order valence-corrected chi connectivity index (χ1v) is 8.45. The topological polar surface area (TPSA) is 99.0 Å². The second kappa shape index (κ2) is 7.94. The maximum Gasteiger partial charge on any atom is 0.374 e. The smallest absolute Gasteiger partial charge is 0.374 e. The number of H-pyrrole nitrogens is 1. The minimum atomic E-state index is -0.636. The number of aryl methyl sites for hydroxylation is 1. The zero-order chi connectivity index (χ0) is 17.7. The Balaban J connectivity index is 2.66. The summed E-state index contributed by atoms with van der Waals surface area (Å²) in [7, 11) is 0. The van der Waals surface area contributed by atoms with Gasteiger partial charge in [-0.2, -0.15) is 0 Å². The van der Waals surface area contributed by atoms with Gasteiger partial charge in [0.25, 0.3) is 5.56 Å². The first-order valence-electron chi connectivity index (χ1n) is 8.45. The Morgan fingerprint density at radius 2 is 1.71 bits per heavy atom. The number of ether oxygens (including phenoxy) is 1. The molecule has 0 aliphatic heterocycles. The largest absolute Gasteiger partial charge is 0.460 e. The summed E-state index contributed by atoms with van der Waals surface area (Å²) < 4.78 is 7.60. The predicted molar refractivity (Wildman–Crippen MR) is 90.4 cm³/mol. The summed E-state index contributed by atoms with van der Waals surface area (Å²) in [5.41, 5.74) is -0.435. The monoisotopic (exact) mass is 336 g/mol. The predicted octanol–water partition coefficient (Wildman–Crippen LogP) is 1.66. The Kier molecular flexibility index (Phi) is 5.94. The lowest BCUT2D eigenvalue weighted by Gasteiger charge is -2.10. The number of nitrogens with zero attached hydrogens (tertiary/aromatic N) is 3. The number of unbranched alkanes of at least 4 members (excludes halogenated alkanes) is 2. The average molecular weight is 336 g/mol. The quantitative estimate of drug-likeness (QED) is 0.739. The number of rotatable bonds is 8. The highest BCUT2D eigenvalue weighted by atomic mass is 16.5. The summed E-state index contributed by atoms with van der Waals surface area (Å²) in [6, 6.07) is 0. The standard InChI is InChI=1S/C16H24N4O4/c1-4-7-9-19-13-11(17-12(18-13)15(22)24-6-3)14(21)20(16(19)23)10-8-5-2/h4-10H2,1-3H3,(H,17,18). The molecule has 0 aliphatic carbocycles. The van der Waals surface area contributed by atoms with E-state index >= 15 is 0 Å². The molecule has 0 atom stereocenters. The van der Waals surface area contributed by atoms with Crippen molar-refractivity contribution >= 4 is 17.1 Å². The van der Waals surface area contributed by atoms with Gasteiger partial charge in [0.15, 0.2) is 11.2 Å². The van der Waals surface area contributed by atoms with Gasteiger partial charge in [0.05, 0.1) is 6.61 Å². The molecular formula is C16H24N4O4. The van der Waals surface area contributed by atoms with Crippen molar-refractivity contribution < 1.29 is 9.53 Å². The van der Waals surface area contributed by atoms with Crippen molar-refractivity contribution in [2.24, 2.45) is 0 Å². The summed E-state index contributed by atoms with van der Waals surface area (Å²) >= 11 is 0. The van der Waals surface area contributed by atoms with Gasteiger partial charge in [0, 0.05) is 13.1 Å². The Bertz CT molecular complexity index is 831. The third-order valence-corrected chi connectivity index (χ3v) is 3.80. The molecule has 2 aromatic heterocycles. The van der Waals surface area contributed by atoms with E-state index in [1.54, 1.807) is 6.92 Å². The average Bonchev–Trinajstić information content (AvgIpc) is 3.00. The van der Waals surface area contributed by atoms with Gasteiger partial charge in [0.2, 0.25) is 5.82 Å². The van der Waals surface area contributed by atoms with Gasteiger partial charge in [0.1, 0.15) is 0 Å². The second-order valence-electron chi connectivity index (χ2n) is 5.60. The Morgan fingerprint density at radius 1 is 1.08 bits per heavy atom. The molecule has 2 rings (SSSR count). The number of aromatic amines is 1. The summed E-state index contributed by atoms with van der Waals surface area (Å²) in [4.78, 5) is 44.0. The van der Waals surface area contributed by atoms with Crippen LogP contribution in [0.15, 0.2) is 9.59 Å². The number of esters is 1. The minimum absolute atomic E-state index is 0.0539. The molecule has 0 fully saturated rings. The van der Waals surface area contributed by atoms with E-state index in [1.807, 2.05) is 13.8 Å². The fourth-order valence-electron chi connectivity index (χ4n) is 2.49. The van der Waals surface area contributed by atoms with Gasteiger partial charge in [-0.25, -0.2) is 14.6 Å². The van der Waals surface area contributed by atoms with Crippen LogP contribution in [0.1, 0.15) is 57.1 Å². The summed E-state index contributed by atoms with van der Waals surface area (Å²) in [5, 5.41) is 0. The number of aromatic nitrogens is 4. The van der Waals surface area contributed by atoms with Crippen LogP contribution in [0.25, 0.3) is 11.2 Å². The van der Waals surface area contributed by atoms with Crippen LogP contribution in [0.2, 0.25) is 0 Å². The van der Waals surface area contributed by atoms with Gasteiger partial charge in [-0.05, 0) is 19.8 Å². The molecule has 1 N–H and O–H groups in total. The van der Waals surface area contributed by atoms with Crippen molar-refractivity contribution in [3.8, 4) is 0 Å². The number of imidazole rings is 1. The van der Waals surface area contributed by atoms with E-state index in [1.165, 1.54) is 9.13 Å². The number of carbonyl (C=O) groups is 1. The molecule has 8 nitrogen and oxygen atoms in total. The lowest BCUT2D eigenvalue weighted by molar-refractivity contribution is 0.0513. The summed E-state index contributed by atoms with van der Waals surface area (Å²) in [6.45, 7) is 6.71. The fourth-order valence-corrected chi connectivity index (χ4v) is 2.49. The van der Waals surface area contributed by atoms with Gasteiger partial charge >= 0.3 is 11.7 Å². The minimum Gasteiger partial charge on any atom is -0.460 e. The molecule has 0 aromatic carbocycles. The van der Waals surface area contributed by atoms with Crippen molar-refractivity contribution in [2.45, 2.75) is 59.5 Å². The van der Waals surface area contributed by atoms with Gasteiger partial charge < -0.3 is 9.72 Å². The number of nitrogens with one attached hydrogen (secondary N) is 1. The van der Waals surface area contributed by atoms with Gasteiger partial charge in [-0.1, -0.05) is 26.7 Å². The molecule has 132 valence electrons. The van der Waals surface area contributed by atoms with Gasteiger partial charge in [-0.15, -0.1) is 0 Å². The van der Waals surface area contributed by atoms with Crippen LogP contribution in [-0.2, 0) is 17.8 Å². The Hall–Kier alpha value is -2.38. The normalized spacial score (nSPS) is 11.1. The van der Waals surface area contributed by atoms with E-state index < -0.39 is 11.5 Å². The Morgan fingerprint density at radius 3 is 2.29 bits per heavy atom. The zero-order valence-electron chi connectivity index (χ0n) is 14.4. The van der Waals surface area contributed by atoms with Crippen LogP contribution in [0.3, 0.4) is 0 Å². The number of hydrogen-bond donors (Lipinski definition) is 1. The van der Waals surface area contributed by atoms with Crippen LogP contribution >= 0.6 is 0 Å². The molecule has 2 aromatic rings. The van der Waals surface area contributed by atoms with E-state index in [0.29, 0.717) is 13.1 Å². The molecule has 0 unspecified atom stereocenters. The van der Waals surface area contributed by atoms with E-state index in [9.17, 15) is 14.4 Å². The Labute approximate surface area is 139 Å². The van der Waals surface area contributed by atoms with Crippen LogP contribution < -0.4 is 11.2 Å². The zero-order valence-corrected chi connectivity index (χ0v) is 14.4. The first-order chi connectivity index (χ1) is 11.5.